The van der Waals surface area contributed by atoms with Crippen molar-refractivity contribution in [2.45, 2.75) is 13.3 Å². The van der Waals surface area contributed by atoms with Crippen LogP contribution in [0.3, 0.4) is 0 Å². The van der Waals surface area contributed by atoms with Crippen LogP contribution in [-0.4, -0.2) is 19.7 Å². The zero-order valence-electron chi connectivity index (χ0n) is 9.90. The first-order chi connectivity index (χ1) is 8.17. The topological polar surface area (TPSA) is 35.5 Å². The Kier molecular flexibility index (Phi) is 5.20. The van der Waals surface area contributed by atoms with Gasteiger partial charge in [-0.05, 0) is 37.1 Å². The van der Waals surface area contributed by atoms with Gasteiger partial charge in [0.25, 0.3) is 0 Å². The molecule has 0 aliphatic rings. The third-order valence-electron chi connectivity index (χ3n) is 2.12. The molecule has 0 aliphatic carbocycles. The van der Waals surface area contributed by atoms with Crippen LogP contribution in [0.5, 0.6) is 5.75 Å². The number of halogens is 1. The summed E-state index contributed by atoms with van der Waals surface area (Å²) >= 11 is 0. The van der Waals surface area contributed by atoms with Gasteiger partial charge in [-0.25, -0.2) is 4.79 Å². The molecule has 0 aliphatic heterocycles. The van der Waals surface area contributed by atoms with Gasteiger partial charge in [0.2, 0.25) is 5.83 Å². The summed E-state index contributed by atoms with van der Waals surface area (Å²) in [5, 5.41) is 0. The van der Waals surface area contributed by atoms with Crippen molar-refractivity contribution < 1.29 is 18.7 Å². The highest BCUT2D eigenvalue weighted by molar-refractivity contribution is 5.85. The molecule has 1 aromatic carbocycles. The van der Waals surface area contributed by atoms with Gasteiger partial charge in [0.1, 0.15) is 5.75 Å². The normalized spacial score (nSPS) is 11.1. The third kappa shape index (κ3) is 4.26. The number of carbonyl (C=O) groups is 1. The Hall–Kier alpha value is -1.84. The summed E-state index contributed by atoms with van der Waals surface area (Å²) in [4.78, 5) is 11.0. The van der Waals surface area contributed by atoms with Gasteiger partial charge in [0, 0.05) is 0 Å². The molecular weight excluding hydrogens is 223 g/mol. The highest BCUT2D eigenvalue weighted by Gasteiger charge is 2.08. The Bertz CT molecular complexity index is 413. The molecule has 0 unspecified atom stereocenters. The maximum absolute atomic E-state index is 13.2. The molecule has 1 aromatic rings. The second kappa shape index (κ2) is 6.68. The molecule has 0 saturated heterocycles. The second-order valence-electron chi connectivity index (χ2n) is 3.33. The first-order valence-corrected chi connectivity index (χ1v) is 5.33. The van der Waals surface area contributed by atoms with Gasteiger partial charge < -0.3 is 9.47 Å². The van der Waals surface area contributed by atoms with Crippen LogP contribution in [0.4, 0.5) is 4.39 Å². The van der Waals surface area contributed by atoms with Gasteiger partial charge in [-0.2, -0.15) is 4.39 Å². The monoisotopic (exact) mass is 238 g/mol. The highest BCUT2D eigenvalue weighted by atomic mass is 19.1. The number of benzene rings is 1. The second-order valence-corrected chi connectivity index (χ2v) is 3.33. The maximum atomic E-state index is 13.2. The van der Waals surface area contributed by atoms with Crippen molar-refractivity contribution in [2.75, 3.05) is 13.7 Å². The van der Waals surface area contributed by atoms with Crippen molar-refractivity contribution in [1.29, 1.82) is 0 Å². The summed E-state index contributed by atoms with van der Waals surface area (Å²) in [5.41, 5.74) is 0.865. The molecule has 0 bridgehead atoms. The van der Waals surface area contributed by atoms with Crippen molar-refractivity contribution in [2.24, 2.45) is 0 Å². The molecule has 0 heterocycles. The fourth-order valence-corrected chi connectivity index (χ4v) is 1.29. The molecule has 0 spiro atoms. The molecule has 0 fully saturated rings. The first kappa shape index (κ1) is 13.2. The number of allylic oxidation sites excluding steroid dienone is 1. The molecule has 4 heteroatoms. The number of hydrogen-bond donors (Lipinski definition) is 0. The number of ether oxygens (including phenoxy) is 2. The fraction of sp³-hybridized carbons (Fsp3) is 0.308. The van der Waals surface area contributed by atoms with Crippen molar-refractivity contribution in [1.82, 2.24) is 0 Å². The first-order valence-electron chi connectivity index (χ1n) is 5.33. The van der Waals surface area contributed by atoms with E-state index in [1.54, 1.807) is 26.2 Å². The van der Waals surface area contributed by atoms with Crippen molar-refractivity contribution in [3.8, 4) is 5.75 Å². The van der Waals surface area contributed by atoms with E-state index in [-0.39, 0.29) is 6.61 Å². The maximum Gasteiger partial charge on any atom is 0.366 e. The van der Waals surface area contributed by atoms with E-state index in [4.69, 9.17) is 4.74 Å². The van der Waals surface area contributed by atoms with E-state index in [1.807, 2.05) is 12.1 Å². The molecule has 0 amide bonds. The van der Waals surface area contributed by atoms with E-state index in [0.29, 0.717) is 12.2 Å². The summed E-state index contributed by atoms with van der Waals surface area (Å²) in [6.07, 6.45) is 1.52. The van der Waals surface area contributed by atoms with Crippen molar-refractivity contribution in [3.63, 3.8) is 0 Å². The van der Waals surface area contributed by atoms with Crippen LogP contribution in [0.1, 0.15) is 12.5 Å². The summed E-state index contributed by atoms with van der Waals surface area (Å²) in [6.45, 7) is 1.80. The smallest absolute Gasteiger partial charge is 0.366 e. The van der Waals surface area contributed by atoms with Gasteiger partial charge in [-0.15, -0.1) is 0 Å². The highest BCUT2D eigenvalue weighted by Crippen LogP contribution is 2.14. The third-order valence-corrected chi connectivity index (χ3v) is 2.12. The number of rotatable bonds is 5. The zero-order valence-corrected chi connectivity index (χ0v) is 9.90. The van der Waals surface area contributed by atoms with E-state index in [1.165, 1.54) is 6.08 Å². The molecule has 0 saturated carbocycles. The van der Waals surface area contributed by atoms with E-state index >= 15 is 0 Å². The van der Waals surface area contributed by atoms with Crippen LogP contribution in [0, 0.1) is 0 Å². The van der Waals surface area contributed by atoms with E-state index in [0.717, 1.165) is 5.56 Å². The lowest BCUT2D eigenvalue weighted by atomic mass is 10.1. The SMILES string of the molecule is CCOC(=O)C(F)=CCc1cccc(OC)c1. The number of hydrogen-bond acceptors (Lipinski definition) is 3. The predicted molar refractivity (Wildman–Crippen MR) is 62.5 cm³/mol. The van der Waals surface area contributed by atoms with Crippen molar-refractivity contribution >= 4 is 5.97 Å². The van der Waals surface area contributed by atoms with E-state index in [2.05, 4.69) is 4.74 Å². The Morgan fingerprint density at radius 3 is 2.88 bits per heavy atom. The minimum Gasteiger partial charge on any atom is -0.497 e. The zero-order chi connectivity index (χ0) is 12.7. The van der Waals surface area contributed by atoms with Gasteiger partial charge >= 0.3 is 5.97 Å². The Morgan fingerprint density at radius 1 is 1.47 bits per heavy atom. The Morgan fingerprint density at radius 2 is 2.24 bits per heavy atom. The summed E-state index contributed by atoms with van der Waals surface area (Å²) in [5.74, 6) is -1.09. The van der Waals surface area contributed by atoms with E-state index in [9.17, 15) is 9.18 Å². The Balaban J connectivity index is 2.65. The minimum atomic E-state index is -0.921. The quantitative estimate of drug-likeness (QED) is 0.584. The van der Waals surface area contributed by atoms with Crippen LogP contribution in [0.2, 0.25) is 0 Å². The molecule has 17 heavy (non-hydrogen) atoms. The number of carbonyl (C=O) groups excluding carboxylic acids is 1. The lowest BCUT2D eigenvalue weighted by Crippen LogP contribution is -2.04. The van der Waals surface area contributed by atoms with Crippen LogP contribution >= 0.6 is 0 Å². The Labute approximate surface area is 99.9 Å². The largest absolute Gasteiger partial charge is 0.497 e. The fourth-order valence-electron chi connectivity index (χ4n) is 1.29. The summed E-state index contributed by atoms with van der Waals surface area (Å²) in [6, 6.07) is 7.23. The molecule has 92 valence electrons. The number of methoxy groups -OCH3 is 1. The molecule has 0 N–H and O–H groups in total. The van der Waals surface area contributed by atoms with Crippen LogP contribution in [-0.2, 0) is 16.0 Å². The van der Waals surface area contributed by atoms with Gasteiger partial charge in [-0.3, -0.25) is 0 Å². The van der Waals surface area contributed by atoms with Crippen LogP contribution in [0.15, 0.2) is 36.2 Å². The van der Waals surface area contributed by atoms with E-state index < -0.39 is 11.8 Å². The average Bonchev–Trinajstić information content (AvgIpc) is 2.36. The molecule has 1 rings (SSSR count). The molecule has 0 aromatic heterocycles. The molecule has 0 radical (unpaired) electrons. The number of esters is 1. The summed E-state index contributed by atoms with van der Waals surface area (Å²) < 4.78 is 22.8. The lowest BCUT2D eigenvalue weighted by Gasteiger charge is -2.02. The molecule has 3 nitrogen and oxygen atoms in total. The van der Waals surface area contributed by atoms with Crippen LogP contribution < -0.4 is 4.74 Å². The lowest BCUT2D eigenvalue weighted by molar-refractivity contribution is -0.140. The van der Waals surface area contributed by atoms with Gasteiger partial charge in [-0.1, -0.05) is 12.1 Å². The standard InChI is InChI=1S/C13H15FO3/c1-3-17-13(15)12(14)8-7-10-5-4-6-11(9-10)16-2/h4-6,8-9H,3,7H2,1-2H3. The minimum absolute atomic E-state index is 0.166. The van der Waals surface area contributed by atoms with Crippen molar-refractivity contribution in [3.05, 3.63) is 41.7 Å². The average molecular weight is 238 g/mol. The van der Waals surface area contributed by atoms with Gasteiger partial charge in [0.05, 0.1) is 13.7 Å². The molecular formula is C13H15FO3. The summed E-state index contributed by atoms with van der Waals surface area (Å²) in [7, 11) is 1.56. The van der Waals surface area contributed by atoms with Crippen LogP contribution in [0.25, 0.3) is 0 Å². The molecule has 0 atom stereocenters. The predicted octanol–water partition coefficient (Wildman–Crippen LogP) is 2.65. The van der Waals surface area contributed by atoms with Gasteiger partial charge in [0.15, 0.2) is 0 Å².